The molecule has 5 aromatic carbocycles. The molecule has 0 bridgehead atoms. The van der Waals surface area contributed by atoms with Crippen molar-refractivity contribution in [3.05, 3.63) is 136 Å². The highest BCUT2D eigenvalue weighted by Gasteiger charge is 2.31. The van der Waals surface area contributed by atoms with Crippen LogP contribution in [0.3, 0.4) is 0 Å². The molecule has 0 atom stereocenters. The van der Waals surface area contributed by atoms with Crippen LogP contribution in [0, 0.1) is 12.7 Å². The highest BCUT2D eigenvalue weighted by molar-refractivity contribution is 7.90. The molecule has 0 aliphatic rings. The van der Waals surface area contributed by atoms with E-state index < -0.39 is 28.2 Å². The van der Waals surface area contributed by atoms with Gasteiger partial charge in [0, 0.05) is 38.2 Å². The number of rotatable bonds is 8. The number of alkyl halides is 2. The monoisotopic (exact) mass is 687 g/mol. The summed E-state index contributed by atoms with van der Waals surface area (Å²) in [5, 5.41) is 0.438. The van der Waals surface area contributed by atoms with E-state index in [2.05, 4.69) is 0 Å². The second-order valence-electron chi connectivity index (χ2n) is 10.9. The molecular formula is C37H25ClF3NO5S. The number of carbonyl (C=O) groups excluding carboxylic acids is 2. The Hall–Kier alpha value is -5.19. The van der Waals surface area contributed by atoms with Gasteiger partial charge in [-0.1, -0.05) is 66.2 Å². The number of ether oxygens (including phenoxy) is 1. The van der Waals surface area contributed by atoms with Crippen molar-refractivity contribution in [2.24, 2.45) is 0 Å². The summed E-state index contributed by atoms with van der Waals surface area (Å²) in [4.78, 5) is 24.2. The molecule has 0 radical (unpaired) electrons. The quantitative estimate of drug-likeness (QED) is 0.118. The Balaban J connectivity index is 1.72. The van der Waals surface area contributed by atoms with Crippen LogP contribution in [0.1, 0.15) is 38.3 Å². The fourth-order valence-corrected chi connectivity index (χ4v) is 7.68. The average Bonchev–Trinajstić information content (AvgIpc) is 3.42. The summed E-state index contributed by atoms with van der Waals surface area (Å²) in [7, 11) is -3.29. The number of benzene rings is 5. The van der Waals surface area contributed by atoms with Gasteiger partial charge in [-0.05, 0) is 72.1 Å². The fraction of sp³-hybridized carbons (Fsp3) is 0.0811. The van der Waals surface area contributed by atoms with Gasteiger partial charge in [-0.25, -0.2) is 30.4 Å². The van der Waals surface area contributed by atoms with Crippen molar-refractivity contribution in [2.45, 2.75) is 18.2 Å². The van der Waals surface area contributed by atoms with Gasteiger partial charge in [0.15, 0.2) is 6.29 Å². The Kier molecular flexibility index (Phi) is 8.72. The van der Waals surface area contributed by atoms with Crippen LogP contribution < -0.4 is 0 Å². The van der Waals surface area contributed by atoms with Crippen LogP contribution in [-0.2, 0) is 14.8 Å². The van der Waals surface area contributed by atoms with Crippen molar-refractivity contribution in [2.75, 3.05) is 7.11 Å². The van der Waals surface area contributed by atoms with Gasteiger partial charge in [-0.15, -0.1) is 0 Å². The molecule has 6 rings (SSSR count). The van der Waals surface area contributed by atoms with Crippen molar-refractivity contribution in [1.82, 2.24) is 3.97 Å². The normalized spacial score (nSPS) is 11.6. The van der Waals surface area contributed by atoms with Crippen molar-refractivity contribution in [3.63, 3.8) is 0 Å². The SMILES string of the molecule is COC(=O)c1ccc(-c2cccc(-c3c(-c4c(C)cccc4C=O)c4cc(F)ccc4n3S(=O)(=O)c3ccc(C(F)F)cc3)c2)c(Cl)c1. The molecule has 48 heavy (non-hydrogen) atoms. The number of esters is 1. The standard InChI is InChI=1S/C37H25ClF3NO5S/c1-21-5-3-8-26(20-43)33(21)34-30-19-27(39)12-16-32(30)42(48(45,46)28-13-9-22(10-14-28)36(40)41)35(34)24-7-4-6-23(17-24)29-15-11-25(18-31(29)38)37(44)47-2/h3-20,36H,1-2H3. The molecule has 1 heterocycles. The van der Waals surface area contributed by atoms with Crippen LogP contribution in [0.4, 0.5) is 13.2 Å². The number of aryl methyl sites for hydroxylation is 1. The molecule has 0 amide bonds. The largest absolute Gasteiger partial charge is 0.465 e. The van der Waals surface area contributed by atoms with Gasteiger partial charge in [-0.2, -0.15) is 0 Å². The molecule has 0 N–H and O–H groups in total. The van der Waals surface area contributed by atoms with E-state index in [4.69, 9.17) is 16.3 Å². The van der Waals surface area contributed by atoms with Gasteiger partial charge in [0.1, 0.15) is 5.82 Å². The van der Waals surface area contributed by atoms with Gasteiger partial charge < -0.3 is 4.74 Å². The Bertz CT molecular complexity index is 2350. The van der Waals surface area contributed by atoms with E-state index in [0.717, 1.165) is 34.3 Å². The number of aldehydes is 1. The van der Waals surface area contributed by atoms with E-state index in [1.165, 1.54) is 25.3 Å². The summed E-state index contributed by atoms with van der Waals surface area (Å²) in [6.07, 6.45) is -2.16. The molecular weight excluding hydrogens is 663 g/mol. The minimum atomic E-state index is -4.54. The summed E-state index contributed by atoms with van der Waals surface area (Å²) in [6, 6.07) is 24.4. The molecule has 0 spiro atoms. The first-order valence-corrected chi connectivity index (χ1v) is 16.3. The molecule has 1 aromatic heterocycles. The Morgan fingerprint density at radius 1 is 0.875 bits per heavy atom. The third kappa shape index (κ3) is 5.67. The molecule has 0 unspecified atom stereocenters. The van der Waals surface area contributed by atoms with Crippen LogP contribution in [0.2, 0.25) is 5.02 Å². The van der Waals surface area contributed by atoms with Crippen molar-refractivity contribution < 1.29 is 35.9 Å². The van der Waals surface area contributed by atoms with E-state index in [9.17, 15) is 31.2 Å². The van der Waals surface area contributed by atoms with Gasteiger partial charge in [0.2, 0.25) is 0 Å². The summed E-state index contributed by atoms with van der Waals surface area (Å²) >= 11 is 6.61. The van der Waals surface area contributed by atoms with Gasteiger partial charge in [0.05, 0.1) is 28.8 Å². The van der Waals surface area contributed by atoms with Crippen molar-refractivity contribution in [1.29, 1.82) is 0 Å². The first-order chi connectivity index (χ1) is 23.0. The van der Waals surface area contributed by atoms with Gasteiger partial charge in [-0.3, -0.25) is 4.79 Å². The minimum Gasteiger partial charge on any atom is -0.465 e. The van der Waals surface area contributed by atoms with Crippen LogP contribution in [-0.4, -0.2) is 31.8 Å². The first-order valence-electron chi connectivity index (χ1n) is 14.5. The predicted molar refractivity (Wildman–Crippen MR) is 179 cm³/mol. The summed E-state index contributed by atoms with van der Waals surface area (Å²) < 4.78 is 76.8. The Morgan fingerprint density at radius 3 is 2.25 bits per heavy atom. The summed E-state index contributed by atoms with van der Waals surface area (Å²) in [5.41, 5.74) is 3.08. The lowest BCUT2D eigenvalue weighted by Gasteiger charge is -2.17. The highest BCUT2D eigenvalue weighted by atomic mass is 35.5. The molecule has 6 nitrogen and oxygen atoms in total. The Morgan fingerprint density at radius 2 is 1.58 bits per heavy atom. The first kappa shape index (κ1) is 32.7. The maximum atomic E-state index is 15.0. The number of aromatic nitrogens is 1. The molecule has 0 saturated carbocycles. The second kappa shape index (κ2) is 12.8. The molecule has 0 fully saturated rings. The number of fused-ring (bicyclic) bond motifs is 1. The van der Waals surface area contributed by atoms with E-state index in [1.54, 1.807) is 61.5 Å². The van der Waals surface area contributed by atoms with E-state index in [1.807, 2.05) is 0 Å². The van der Waals surface area contributed by atoms with E-state index in [-0.39, 0.29) is 48.8 Å². The zero-order valence-electron chi connectivity index (χ0n) is 25.4. The number of hydrogen-bond donors (Lipinski definition) is 0. The number of carbonyl (C=O) groups is 2. The molecule has 6 aromatic rings. The van der Waals surface area contributed by atoms with E-state index in [0.29, 0.717) is 34.1 Å². The minimum absolute atomic E-state index is 0.102. The maximum Gasteiger partial charge on any atom is 0.337 e. The predicted octanol–water partition coefficient (Wildman–Crippen LogP) is 9.52. The van der Waals surface area contributed by atoms with Crippen LogP contribution in [0.5, 0.6) is 0 Å². The van der Waals surface area contributed by atoms with Gasteiger partial charge in [0.25, 0.3) is 16.4 Å². The van der Waals surface area contributed by atoms with Crippen LogP contribution >= 0.6 is 11.6 Å². The summed E-state index contributed by atoms with van der Waals surface area (Å²) in [6.45, 7) is 1.76. The summed E-state index contributed by atoms with van der Waals surface area (Å²) in [5.74, 6) is -1.21. The lowest BCUT2D eigenvalue weighted by atomic mass is 9.91. The zero-order chi connectivity index (χ0) is 34.3. The number of methoxy groups -OCH3 is 1. The van der Waals surface area contributed by atoms with Crippen molar-refractivity contribution in [3.8, 4) is 33.5 Å². The van der Waals surface area contributed by atoms with E-state index >= 15 is 0 Å². The van der Waals surface area contributed by atoms with Crippen LogP contribution in [0.25, 0.3) is 44.4 Å². The maximum absolute atomic E-state index is 15.0. The molecule has 11 heteroatoms. The molecule has 0 aliphatic carbocycles. The highest BCUT2D eigenvalue weighted by Crippen LogP contribution is 2.46. The molecule has 0 aliphatic heterocycles. The lowest BCUT2D eigenvalue weighted by Crippen LogP contribution is -2.14. The number of nitrogens with zero attached hydrogens (tertiary/aromatic N) is 1. The smallest absolute Gasteiger partial charge is 0.337 e. The van der Waals surface area contributed by atoms with Gasteiger partial charge >= 0.3 is 5.97 Å². The second-order valence-corrected chi connectivity index (χ2v) is 13.1. The Labute approximate surface area is 279 Å². The average molecular weight is 688 g/mol. The third-order valence-electron chi connectivity index (χ3n) is 8.08. The molecule has 0 saturated heterocycles. The molecule has 242 valence electrons. The lowest BCUT2D eigenvalue weighted by molar-refractivity contribution is 0.0600. The number of halogens is 4. The topological polar surface area (TPSA) is 82.4 Å². The van der Waals surface area contributed by atoms with Crippen molar-refractivity contribution >= 4 is 44.8 Å². The zero-order valence-corrected chi connectivity index (χ0v) is 27.0. The fourth-order valence-electron chi connectivity index (χ4n) is 5.85. The third-order valence-corrected chi connectivity index (χ3v) is 10.1. The van der Waals surface area contributed by atoms with Crippen LogP contribution in [0.15, 0.2) is 108 Å². The number of hydrogen-bond acceptors (Lipinski definition) is 5.